The number of carbonyl (C=O) groups excluding carboxylic acids is 2. The van der Waals surface area contributed by atoms with Gasteiger partial charge in [-0.15, -0.1) is 0 Å². The van der Waals surface area contributed by atoms with Crippen molar-refractivity contribution in [2.75, 3.05) is 37.9 Å². The summed E-state index contributed by atoms with van der Waals surface area (Å²) in [6.45, 7) is 5.41. The fourth-order valence-corrected chi connectivity index (χ4v) is 4.47. The maximum atomic E-state index is 13.7. The van der Waals surface area contributed by atoms with Gasteiger partial charge in [-0.1, -0.05) is 43.6 Å². The summed E-state index contributed by atoms with van der Waals surface area (Å²) in [6, 6.07) is 10.7. The van der Waals surface area contributed by atoms with Crippen molar-refractivity contribution >= 4 is 39.1 Å². The van der Waals surface area contributed by atoms with E-state index in [1.807, 2.05) is 13.8 Å². The summed E-state index contributed by atoms with van der Waals surface area (Å²) in [6.07, 6.45) is 0.996. The molecule has 0 aliphatic rings. The van der Waals surface area contributed by atoms with E-state index in [4.69, 9.17) is 21.1 Å². The van der Waals surface area contributed by atoms with Crippen molar-refractivity contribution in [1.82, 2.24) is 10.2 Å². The van der Waals surface area contributed by atoms with Gasteiger partial charge in [-0.2, -0.15) is 0 Å². The largest absolute Gasteiger partial charge is 0.497 e. The second kappa shape index (κ2) is 12.8. The average molecular weight is 540 g/mol. The second-order valence-electron chi connectivity index (χ2n) is 8.74. The van der Waals surface area contributed by atoms with Gasteiger partial charge < -0.3 is 19.7 Å². The molecule has 1 atom stereocenters. The third-order valence-corrected chi connectivity index (χ3v) is 6.98. The number of nitrogens with zero attached hydrogens (tertiary/aromatic N) is 2. The van der Waals surface area contributed by atoms with Gasteiger partial charge in [0.1, 0.15) is 24.1 Å². The predicted octanol–water partition coefficient (Wildman–Crippen LogP) is 3.31. The number of nitrogens with one attached hydrogen (secondary N) is 1. The highest BCUT2D eigenvalue weighted by molar-refractivity contribution is 7.92. The smallest absolute Gasteiger partial charge is 0.244 e. The van der Waals surface area contributed by atoms with Gasteiger partial charge in [0.25, 0.3) is 0 Å². The summed E-state index contributed by atoms with van der Waals surface area (Å²) in [5.74, 6) is -0.0860. The lowest BCUT2D eigenvalue weighted by molar-refractivity contribution is -0.139. The molecule has 0 saturated heterocycles. The van der Waals surface area contributed by atoms with Crippen LogP contribution in [0.2, 0.25) is 5.02 Å². The van der Waals surface area contributed by atoms with Crippen LogP contribution in [0.1, 0.15) is 26.3 Å². The van der Waals surface area contributed by atoms with Crippen LogP contribution in [0.4, 0.5) is 5.69 Å². The molecule has 2 amide bonds. The van der Waals surface area contributed by atoms with Gasteiger partial charge in [-0.3, -0.25) is 13.9 Å². The lowest BCUT2D eigenvalue weighted by Gasteiger charge is -2.32. The van der Waals surface area contributed by atoms with E-state index in [-0.39, 0.29) is 29.8 Å². The Morgan fingerprint density at radius 3 is 2.28 bits per heavy atom. The lowest BCUT2D eigenvalue weighted by Crippen LogP contribution is -2.51. The van der Waals surface area contributed by atoms with E-state index < -0.39 is 28.5 Å². The molecule has 0 spiro atoms. The minimum Gasteiger partial charge on any atom is -0.497 e. The van der Waals surface area contributed by atoms with Gasteiger partial charge in [0.15, 0.2) is 0 Å². The average Bonchev–Trinajstić information content (AvgIpc) is 2.83. The highest BCUT2D eigenvalue weighted by atomic mass is 35.5. The van der Waals surface area contributed by atoms with Crippen LogP contribution in [0, 0.1) is 5.92 Å². The van der Waals surface area contributed by atoms with Gasteiger partial charge in [0.05, 0.1) is 26.2 Å². The molecule has 0 heterocycles. The summed E-state index contributed by atoms with van der Waals surface area (Å²) < 4.78 is 37.1. The predicted molar refractivity (Wildman–Crippen MR) is 141 cm³/mol. The van der Waals surface area contributed by atoms with Crippen LogP contribution in [0.3, 0.4) is 0 Å². The molecular weight excluding hydrogens is 506 g/mol. The van der Waals surface area contributed by atoms with E-state index in [0.717, 1.165) is 10.6 Å². The zero-order valence-corrected chi connectivity index (χ0v) is 23.0. The number of hydrogen-bond acceptors (Lipinski definition) is 6. The van der Waals surface area contributed by atoms with Gasteiger partial charge >= 0.3 is 0 Å². The van der Waals surface area contributed by atoms with Gasteiger partial charge in [-0.05, 0) is 36.6 Å². The molecule has 0 aliphatic carbocycles. The van der Waals surface area contributed by atoms with Crippen LogP contribution in [0.15, 0.2) is 42.5 Å². The van der Waals surface area contributed by atoms with Crippen molar-refractivity contribution in [3.05, 3.63) is 53.1 Å². The quantitative estimate of drug-likeness (QED) is 0.443. The Labute approximate surface area is 218 Å². The van der Waals surface area contributed by atoms with Gasteiger partial charge in [0, 0.05) is 24.2 Å². The van der Waals surface area contributed by atoms with Crippen LogP contribution in [0.5, 0.6) is 11.5 Å². The van der Waals surface area contributed by atoms with Crippen molar-refractivity contribution < 1.29 is 27.5 Å². The number of halogens is 1. The maximum absolute atomic E-state index is 13.7. The van der Waals surface area contributed by atoms with Crippen molar-refractivity contribution in [2.24, 2.45) is 5.92 Å². The number of carbonyl (C=O) groups is 2. The number of benzene rings is 2. The Balaban J connectivity index is 2.47. The van der Waals surface area contributed by atoms with Crippen LogP contribution in [0.25, 0.3) is 0 Å². The minimum absolute atomic E-state index is 0.0155. The first-order valence-electron chi connectivity index (χ1n) is 11.4. The minimum atomic E-state index is -3.93. The third kappa shape index (κ3) is 7.76. The van der Waals surface area contributed by atoms with Gasteiger partial charge in [-0.25, -0.2) is 8.42 Å². The SMILES string of the molecule is COc1ccc(OC)c(N(CC(=O)N(Cc2ccccc2Cl)[C@H](C)C(=O)NCC(C)C)S(C)(=O)=O)c1. The Hall–Kier alpha value is -2.98. The molecule has 0 radical (unpaired) electrons. The Bertz CT molecular complexity index is 1170. The number of methoxy groups -OCH3 is 2. The number of rotatable bonds is 12. The molecule has 0 bridgehead atoms. The molecule has 36 heavy (non-hydrogen) atoms. The van der Waals surface area contributed by atoms with E-state index in [0.29, 0.717) is 22.9 Å². The summed E-state index contributed by atoms with van der Waals surface area (Å²) in [5.41, 5.74) is 0.767. The first-order chi connectivity index (χ1) is 16.9. The summed E-state index contributed by atoms with van der Waals surface area (Å²) >= 11 is 6.33. The zero-order chi connectivity index (χ0) is 27.0. The maximum Gasteiger partial charge on any atom is 0.244 e. The first-order valence-corrected chi connectivity index (χ1v) is 13.6. The zero-order valence-electron chi connectivity index (χ0n) is 21.4. The topological polar surface area (TPSA) is 105 Å². The Kier molecular flexibility index (Phi) is 10.4. The molecule has 0 unspecified atom stereocenters. The second-order valence-corrected chi connectivity index (χ2v) is 11.0. The van der Waals surface area contributed by atoms with E-state index in [1.165, 1.54) is 25.2 Å². The van der Waals surface area contributed by atoms with Crippen LogP contribution in [-0.4, -0.2) is 64.7 Å². The van der Waals surface area contributed by atoms with Crippen LogP contribution in [-0.2, 0) is 26.2 Å². The van der Waals surface area contributed by atoms with Gasteiger partial charge in [0.2, 0.25) is 21.8 Å². The molecule has 2 aromatic carbocycles. The first kappa shape index (κ1) is 29.3. The molecule has 0 aliphatic heterocycles. The third-order valence-electron chi connectivity index (χ3n) is 5.48. The fourth-order valence-electron chi connectivity index (χ4n) is 3.43. The highest BCUT2D eigenvalue weighted by Gasteiger charge is 2.31. The van der Waals surface area contributed by atoms with Crippen molar-refractivity contribution in [1.29, 1.82) is 0 Å². The normalized spacial score (nSPS) is 12.1. The molecule has 0 aromatic heterocycles. The number of hydrogen-bond donors (Lipinski definition) is 1. The number of sulfonamides is 1. The lowest BCUT2D eigenvalue weighted by atomic mass is 10.1. The Morgan fingerprint density at radius 1 is 1.06 bits per heavy atom. The molecule has 2 rings (SSSR count). The molecular formula is C25H34ClN3O6S. The number of ether oxygens (including phenoxy) is 2. The summed E-state index contributed by atoms with van der Waals surface area (Å²) in [5, 5.41) is 3.26. The summed E-state index contributed by atoms with van der Waals surface area (Å²) in [4.78, 5) is 27.9. The standard InChI is InChI=1S/C25H34ClN3O6S/c1-17(2)14-27-25(31)18(3)28(15-19-9-7-8-10-21(19)26)24(30)16-29(36(6,32)33)22-13-20(34-4)11-12-23(22)35-5/h7-13,17-18H,14-16H2,1-6H3,(H,27,31)/t18-/m1/s1. The van der Waals surface area contributed by atoms with Crippen molar-refractivity contribution in [3.8, 4) is 11.5 Å². The molecule has 198 valence electrons. The van der Waals surface area contributed by atoms with E-state index in [2.05, 4.69) is 5.32 Å². The van der Waals surface area contributed by atoms with E-state index in [1.54, 1.807) is 43.3 Å². The van der Waals surface area contributed by atoms with Crippen molar-refractivity contribution in [3.63, 3.8) is 0 Å². The molecule has 0 saturated carbocycles. The molecule has 11 heteroatoms. The van der Waals surface area contributed by atoms with E-state index >= 15 is 0 Å². The Morgan fingerprint density at radius 2 is 1.72 bits per heavy atom. The van der Waals surface area contributed by atoms with Crippen molar-refractivity contribution in [2.45, 2.75) is 33.4 Å². The van der Waals surface area contributed by atoms with Crippen LogP contribution < -0.4 is 19.1 Å². The monoisotopic (exact) mass is 539 g/mol. The molecule has 1 N–H and O–H groups in total. The highest BCUT2D eigenvalue weighted by Crippen LogP contribution is 2.34. The van der Waals surface area contributed by atoms with Crippen LogP contribution >= 0.6 is 11.6 Å². The number of anilines is 1. The summed E-state index contributed by atoms with van der Waals surface area (Å²) in [7, 11) is -1.08. The van der Waals surface area contributed by atoms with E-state index in [9.17, 15) is 18.0 Å². The molecule has 0 fully saturated rings. The fraction of sp³-hybridized carbons (Fsp3) is 0.440. The molecule has 2 aromatic rings. The molecule has 9 nitrogen and oxygen atoms in total. The number of amides is 2.